The van der Waals surface area contributed by atoms with Crippen LogP contribution in [-0.4, -0.2) is 50.1 Å². The third kappa shape index (κ3) is 5.12. The Balaban J connectivity index is 2.42. The number of nitrogens with zero attached hydrogens (tertiary/aromatic N) is 2. The molecule has 6 heteroatoms. The number of sulfonamides is 1. The molecule has 0 bridgehead atoms. The highest BCUT2D eigenvalue weighted by molar-refractivity contribution is 7.89. The smallest absolute Gasteiger partial charge is 0.215 e. The zero-order valence-electron chi connectivity index (χ0n) is 11.0. The van der Waals surface area contributed by atoms with Crippen molar-refractivity contribution < 1.29 is 8.42 Å². The Morgan fingerprint density at radius 1 is 1.39 bits per heavy atom. The molecule has 5 nitrogen and oxygen atoms in total. The van der Waals surface area contributed by atoms with Crippen LogP contribution in [0.4, 0.5) is 0 Å². The molecule has 18 heavy (non-hydrogen) atoms. The largest absolute Gasteiger partial charge is 0.316 e. The van der Waals surface area contributed by atoms with Crippen molar-refractivity contribution in [2.45, 2.75) is 13.3 Å². The summed E-state index contributed by atoms with van der Waals surface area (Å²) in [4.78, 5) is 4.17. The summed E-state index contributed by atoms with van der Waals surface area (Å²) >= 11 is 0. The quantitative estimate of drug-likeness (QED) is 0.699. The summed E-state index contributed by atoms with van der Waals surface area (Å²) in [6.45, 7) is 3.70. The number of hydrogen-bond acceptors (Lipinski definition) is 4. The van der Waals surface area contributed by atoms with Gasteiger partial charge in [-0.1, -0.05) is 13.0 Å². The molecule has 0 aromatic carbocycles. The number of rotatable bonds is 8. The third-order valence-corrected chi connectivity index (χ3v) is 4.52. The van der Waals surface area contributed by atoms with Gasteiger partial charge in [0.25, 0.3) is 0 Å². The normalized spacial score (nSPS) is 11.9. The van der Waals surface area contributed by atoms with E-state index in [2.05, 4.69) is 10.3 Å². The zero-order chi connectivity index (χ0) is 13.4. The molecular formula is C12H21N3O2S. The number of nitrogens with one attached hydrogen (secondary N) is 1. The van der Waals surface area contributed by atoms with Crippen molar-refractivity contribution in [1.82, 2.24) is 14.6 Å². The van der Waals surface area contributed by atoms with Gasteiger partial charge in [-0.15, -0.1) is 0 Å². The van der Waals surface area contributed by atoms with Gasteiger partial charge in [-0.3, -0.25) is 4.98 Å². The monoisotopic (exact) mass is 271 g/mol. The predicted molar refractivity (Wildman–Crippen MR) is 72.9 cm³/mol. The van der Waals surface area contributed by atoms with E-state index < -0.39 is 10.0 Å². The van der Waals surface area contributed by atoms with Gasteiger partial charge in [0, 0.05) is 38.4 Å². The van der Waals surface area contributed by atoms with Crippen LogP contribution in [-0.2, 0) is 16.4 Å². The first-order valence-electron chi connectivity index (χ1n) is 6.11. The molecule has 1 heterocycles. The van der Waals surface area contributed by atoms with Gasteiger partial charge in [0.1, 0.15) is 0 Å². The van der Waals surface area contributed by atoms with Crippen molar-refractivity contribution in [3.05, 3.63) is 30.1 Å². The molecule has 1 rings (SSSR count). The predicted octanol–water partition coefficient (Wildman–Crippen LogP) is 0.495. The first-order chi connectivity index (χ1) is 8.56. The van der Waals surface area contributed by atoms with E-state index in [-0.39, 0.29) is 5.75 Å². The highest BCUT2D eigenvalue weighted by Gasteiger charge is 2.16. The van der Waals surface area contributed by atoms with Crippen molar-refractivity contribution in [1.29, 1.82) is 0 Å². The van der Waals surface area contributed by atoms with Crippen LogP contribution in [0.1, 0.15) is 12.6 Å². The van der Waals surface area contributed by atoms with Crippen LogP contribution in [0.15, 0.2) is 24.4 Å². The van der Waals surface area contributed by atoms with Crippen molar-refractivity contribution in [3.63, 3.8) is 0 Å². The van der Waals surface area contributed by atoms with E-state index in [4.69, 9.17) is 0 Å². The minimum absolute atomic E-state index is 0.138. The molecule has 1 N–H and O–H groups in total. The Hall–Kier alpha value is -0.980. The van der Waals surface area contributed by atoms with E-state index in [1.165, 1.54) is 4.31 Å². The van der Waals surface area contributed by atoms with Crippen LogP contribution in [0.5, 0.6) is 0 Å². The number of pyridine rings is 1. The molecule has 0 saturated heterocycles. The first kappa shape index (κ1) is 15.1. The standard InChI is InChI=1S/C12H21N3O2S/c1-3-13-9-11-18(16,17)15(2)10-7-12-6-4-5-8-14-12/h4-6,8,13H,3,7,9-11H2,1-2H3. The maximum Gasteiger partial charge on any atom is 0.215 e. The first-order valence-corrected chi connectivity index (χ1v) is 7.72. The van der Waals surface area contributed by atoms with Crippen molar-refractivity contribution in [3.8, 4) is 0 Å². The Morgan fingerprint density at radius 3 is 2.78 bits per heavy atom. The molecule has 0 amide bonds. The van der Waals surface area contributed by atoms with Crippen molar-refractivity contribution in [2.75, 3.05) is 32.4 Å². The van der Waals surface area contributed by atoms with Crippen molar-refractivity contribution in [2.24, 2.45) is 0 Å². The van der Waals surface area contributed by atoms with E-state index in [9.17, 15) is 8.42 Å². The number of aromatic nitrogens is 1. The second-order valence-electron chi connectivity index (χ2n) is 4.06. The van der Waals surface area contributed by atoms with Crippen molar-refractivity contribution >= 4 is 10.0 Å². The average Bonchev–Trinajstić information content (AvgIpc) is 2.37. The van der Waals surface area contributed by atoms with E-state index in [1.54, 1.807) is 13.2 Å². The van der Waals surface area contributed by atoms with Gasteiger partial charge in [-0.25, -0.2) is 12.7 Å². The van der Waals surface area contributed by atoms with Gasteiger partial charge >= 0.3 is 0 Å². The minimum Gasteiger partial charge on any atom is -0.316 e. The molecule has 0 aliphatic rings. The Morgan fingerprint density at radius 2 is 2.17 bits per heavy atom. The summed E-state index contributed by atoms with van der Waals surface area (Å²) in [6.07, 6.45) is 2.35. The van der Waals surface area contributed by atoms with E-state index in [0.29, 0.717) is 19.5 Å². The second-order valence-corrected chi connectivity index (χ2v) is 6.26. The molecular weight excluding hydrogens is 250 g/mol. The molecule has 1 aromatic heterocycles. The molecule has 0 aliphatic heterocycles. The highest BCUT2D eigenvalue weighted by Crippen LogP contribution is 2.01. The van der Waals surface area contributed by atoms with Gasteiger partial charge < -0.3 is 5.32 Å². The molecule has 0 unspecified atom stereocenters. The second kappa shape index (κ2) is 7.45. The molecule has 1 aromatic rings. The summed E-state index contributed by atoms with van der Waals surface area (Å²) in [5, 5.41) is 3.01. The van der Waals surface area contributed by atoms with Gasteiger partial charge in [-0.2, -0.15) is 0 Å². The Labute approximate surface area is 109 Å². The van der Waals surface area contributed by atoms with Crippen LogP contribution >= 0.6 is 0 Å². The maximum absolute atomic E-state index is 11.9. The fraction of sp³-hybridized carbons (Fsp3) is 0.583. The van der Waals surface area contributed by atoms with Gasteiger partial charge in [0.05, 0.1) is 5.75 Å². The van der Waals surface area contributed by atoms with Gasteiger partial charge in [-0.05, 0) is 18.7 Å². The fourth-order valence-electron chi connectivity index (χ4n) is 1.49. The van der Waals surface area contributed by atoms with Gasteiger partial charge in [0.2, 0.25) is 10.0 Å². The van der Waals surface area contributed by atoms with Crippen LogP contribution in [0.2, 0.25) is 0 Å². The fourth-order valence-corrected chi connectivity index (χ4v) is 2.57. The lowest BCUT2D eigenvalue weighted by atomic mass is 10.3. The maximum atomic E-state index is 11.9. The van der Waals surface area contributed by atoms with Crippen LogP contribution in [0.25, 0.3) is 0 Å². The van der Waals surface area contributed by atoms with E-state index in [1.807, 2.05) is 25.1 Å². The molecule has 0 atom stereocenters. The lowest BCUT2D eigenvalue weighted by Crippen LogP contribution is -2.35. The average molecular weight is 271 g/mol. The molecule has 0 fully saturated rings. The molecule has 0 spiro atoms. The van der Waals surface area contributed by atoms with Crippen LogP contribution < -0.4 is 5.32 Å². The Kier molecular flexibility index (Phi) is 6.24. The summed E-state index contributed by atoms with van der Waals surface area (Å²) in [6, 6.07) is 5.65. The summed E-state index contributed by atoms with van der Waals surface area (Å²) < 4.78 is 25.2. The molecule has 0 radical (unpaired) electrons. The van der Waals surface area contributed by atoms with E-state index >= 15 is 0 Å². The van der Waals surface area contributed by atoms with Crippen LogP contribution in [0, 0.1) is 0 Å². The summed E-state index contributed by atoms with van der Waals surface area (Å²) in [5.74, 6) is 0.138. The molecule has 0 aliphatic carbocycles. The lowest BCUT2D eigenvalue weighted by molar-refractivity contribution is 0.469. The zero-order valence-corrected chi connectivity index (χ0v) is 11.8. The minimum atomic E-state index is -3.16. The van der Waals surface area contributed by atoms with E-state index in [0.717, 1.165) is 12.2 Å². The molecule has 102 valence electrons. The number of hydrogen-bond donors (Lipinski definition) is 1. The SMILES string of the molecule is CCNCCS(=O)(=O)N(C)CCc1ccccn1. The highest BCUT2D eigenvalue weighted by atomic mass is 32.2. The third-order valence-electron chi connectivity index (χ3n) is 2.67. The topological polar surface area (TPSA) is 62.3 Å². The number of likely N-dealkylation sites (N-methyl/N-ethyl adjacent to an activating group) is 1. The lowest BCUT2D eigenvalue weighted by Gasteiger charge is -2.16. The Bertz CT molecular complexity index is 434. The molecule has 0 saturated carbocycles. The van der Waals surface area contributed by atoms with Crippen LogP contribution in [0.3, 0.4) is 0 Å². The van der Waals surface area contributed by atoms with Gasteiger partial charge in [0.15, 0.2) is 0 Å². The summed E-state index contributed by atoms with van der Waals surface area (Å²) in [5.41, 5.74) is 0.909. The summed E-state index contributed by atoms with van der Waals surface area (Å²) in [7, 11) is -1.54.